The van der Waals surface area contributed by atoms with Gasteiger partial charge in [-0.2, -0.15) is 0 Å². The first-order chi connectivity index (χ1) is 6.09. The quantitative estimate of drug-likeness (QED) is 0.615. The van der Waals surface area contributed by atoms with Gasteiger partial charge in [-0.25, -0.2) is 14.5 Å². The van der Waals surface area contributed by atoms with E-state index in [4.69, 9.17) is 18.0 Å². The number of aromatic nitrogens is 4. The zero-order valence-corrected chi connectivity index (χ0v) is 8.14. The van der Waals surface area contributed by atoms with Gasteiger partial charge in [0, 0.05) is 5.56 Å². The van der Waals surface area contributed by atoms with Crippen LogP contribution in [0.1, 0.15) is 11.4 Å². The molecule has 0 aliphatic carbocycles. The second kappa shape index (κ2) is 2.53. The Morgan fingerprint density at radius 3 is 2.77 bits per heavy atom. The minimum atomic E-state index is 0.402. The molecule has 2 rings (SSSR count). The fourth-order valence-electron chi connectivity index (χ4n) is 1.19. The molecule has 13 heavy (non-hydrogen) atoms. The first kappa shape index (κ1) is 8.18. The van der Waals surface area contributed by atoms with E-state index < -0.39 is 0 Å². The van der Waals surface area contributed by atoms with Crippen molar-refractivity contribution in [2.45, 2.75) is 13.8 Å². The molecule has 0 aliphatic rings. The van der Waals surface area contributed by atoms with Crippen molar-refractivity contribution in [1.82, 2.24) is 19.6 Å². The molecule has 6 heteroatoms. The van der Waals surface area contributed by atoms with Gasteiger partial charge < -0.3 is 5.73 Å². The number of hydrogen-bond donors (Lipinski definition) is 2. The Kier molecular flexibility index (Phi) is 1.59. The molecule has 0 saturated carbocycles. The topological polar surface area (TPSA) is 72.0 Å². The Labute approximate surface area is 79.6 Å². The van der Waals surface area contributed by atoms with Crippen LogP contribution in [0.5, 0.6) is 0 Å². The van der Waals surface area contributed by atoms with Crippen LogP contribution in [-0.4, -0.2) is 19.6 Å². The highest BCUT2D eigenvalue weighted by Crippen LogP contribution is 2.12. The fourth-order valence-corrected chi connectivity index (χ4v) is 1.42. The van der Waals surface area contributed by atoms with E-state index in [0.29, 0.717) is 10.6 Å². The number of anilines is 1. The van der Waals surface area contributed by atoms with Crippen molar-refractivity contribution in [1.29, 1.82) is 0 Å². The lowest BCUT2D eigenvalue weighted by Crippen LogP contribution is -2.01. The molecule has 0 aliphatic heterocycles. The predicted octanol–water partition coefficient (Wildman–Crippen LogP) is 0.986. The molecule has 0 spiro atoms. The van der Waals surface area contributed by atoms with E-state index in [-0.39, 0.29) is 0 Å². The van der Waals surface area contributed by atoms with Gasteiger partial charge in [0.25, 0.3) is 0 Å². The summed E-state index contributed by atoms with van der Waals surface area (Å²) in [4.78, 5) is 8.25. The molecule has 0 amide bonds. The van der Waals surface area contributed by atoms with E-state index in [2.05, 4.69) is 15.1 Å². The zero-order chi connectivity index (χ0) is 9.59. The highest BCUT2D eigenvalue weighted by molar-refractivity contribution is 7.71. The second-order valence-electron chi connectivity index (χ2n) is 2.87. The number of nitrogens with one attached hydrogen (secondary N) is 1. The van der Waals surface area contributed by atoms with Crippen LogP contribution in [0.2, 0.25) is 0 Å². The van der Waals surface area contributed by atoms with Crippen LogP contribution < -0.4 is 5.73 Å². The lowest BCUT2D eigenvalue weighted by atomic mass is 10.3. The molecular weight excluding hydrogens is 186 g/mol. The second-order valence-corrected chi connectivity index (χ2v) is 3.24. The van der Waals surface area contributed by atoms with Crippen molar-refractivity contribution < 1.29 is 0 Å². The molecule has 2 aromatic heterocycles. The standard InChI is InChI=1S/C7H9N5S/c1-3-5(8)10-7(13)12-6(3)9-4(2)11-12/h1-2H3,(H,9,11)(H2,8,10,13). The van der Waals surface area contributed by atoms with Crippen LogP contribution in [0.3, 0.4) is 0 Å². The molecule has 3 N–H and O–H groups in total. The molecule has 68 valence electrons. The third kappa shape index (κ3) is 1.10. The summed E-state index contributed by atoms with van der Waals surface area (Å²) in [5.41, 5.74) is 7.24. The number of nitrogens with zero attached hydrogens (tertiary/aromatic N) is 3. The Morgan fingerprint density at radius 2 is 2.08 bits per heavy atom. The van der Waals surface area contributed by atoms with Crippen LogP contribution in [0.15, 0.2) is 0 Å². The third-order valence-electron chi connectivity index (χ3n) is 1.89. The van der Waals surface area contributed by atoms with Crippen LogP contribution in [0.4, 0.5) is 5.82 Å². The minimum Gasteiger partial charge on any atom is -0.383 e. The largest absolute Gasteiger partial charge is 0.383 e. The van der Waals surface area contributed by atoms with Gasteiger partial charge in [0.2, 0.25) is 4.77 Å². The van der Waals surface area contributed by atoms with Crippen LogP contribution >= 0.6 is 12.2 Å². The Balaban J connectivity index is 3.04. The first-order valence-electron chi connectivity index (χ1n) is 3.81. The lowest BCUT2D eigenvalue weighted by Gasteiger charge is -1.99. The summed E-state index contributed by atoms with van der Waals surface area (Å²) in [6.45, 7) is 3.73. The van der Waals surface area contributed by atoms with Crippen molar-refractivity contribution in [2.24, 2.45) is 0 Å². The minimum absolute atomic E-state index is 0.402. The SMILES string of the molecule is Cc1nc2c(C)c(N)nc(=S)n2[nH]1. The highest BCUT2D eigenvalue weighted by atomic mass is 32.1. The van der Waals surface area contributed by atoms with Gasteiger partial charge in [-0.05, 0) is 26.1 Å². The van der Waals surface area contributed by atoms with Gasteiger partial charge in [0.1, 0.15) is 11.6 Å². The Hall–Kier alpha value is -1.43. The first-order valence-corrected chi connectivity index (χ1v) is 4.22. The van der Waals surface area contributed by atoms with Gasteiger partial charge in [0.05, 0.1) is 0 Å². The molecule has 5 nitrogen and oxygen atoms in total. The fraction of sp³-hybridized carbons (Fsp3) is 0.286. The summed E-state index contributed by atoms with van der Waals surface area (Å²) in [6, 6.07) is 0. The number of nitrogen functional groups attached to an aromatic ring is 1. The highest BCUT2D eigenvalue weighted by Gasteiger charge is 2.06. The summed E-state index contributed by atoms with van der Waals surface area (Å²) < 4.78 is 2.05. The molecule has 0 unspecified atom stereocenters. The number of nitrogens with two attached hydrogens (primary N) is 1. The van der Waals surface area contributed by atoms with Crippen molar-refractivity contribution >= 4 is 23.7 Å². The van der Waals surface area contributed by atoms with Crippen molar-refractivity contribution in [2.75, 3.05) is 5.73 Å². The summed E-state index contributed by atoms with van der Waals surface area (Å²) >= 11 is 5.01. The van der Waals surface area contributed by atoms with Gasteiger partial charge in [-0.15, -0.1) is 0 Å². The normalized spacial score (nSPS) is 10.9. The number of aromatic amines is 1. The van der Waals surface area contributed by atoms with Crippen LogP contribution in [0.25, 0.3) is 5.65 Å². The van der Waals surface area contributed by atoms with E-state index in [1.54, 1.807) is 4.52 Å². The average molecular weight is 195 g/mol. The summed E-state index contributed by atoms with van der Waals surface area (Å²) in [7, 11) is 0. The number of fused-ring (bicyclic) bond motifs is 1. The molecule has 0 aromatic carbocycles. The van der Waals surface area contributed by atoms with E-state index in [0.717, 1.165) is 17.0 Å². The Bertz CT molecular complexity index is 523. The average Bonchev–Trinajstić information content (AvgIpc) is 2.44. The number of aryl methyl sites for hydroxylation is 2. The van der Waals surface area contributed by atoms with Crippen LogP contribution in [0, 0.1) is 18.6 Å². The van der Waals surface area contributed by atoms with Crippen molar-refractivity contribution in [3.05, 3.63) is 16.2 Å². The monoisotopic (exact) mass is 195 g/mol. The number of hydrogen-bond acceptors (Lipinski definition) is 4. The van der Waals surface area contributed by atoms with Gasteiger partial charge in [-0.1, -0.05) is 0 Å². The maximum Gasteiger partial charge on any atom is 0.222 e. The Morgan fingerprint density at radius 1 is 1.38 bits per heavy atom. The molecule has 0 fully saturated rings. The maximum absolute atomic E-state index is 5.65. The van der Waals surface area contributed by atoms with Gasteiger partial charge in [0.15, 0.2) is 5.65 Å². The number of H-pyrrole nitrogens is 1. The summed E-state index contributed by atoms with van der Waals surface area (Å²) in [6.07, 6.45) is 0. The smallest absolute Gasteiger partial charge is 0.222 e. The summed E-state index contributed by atoms with van der Waals surface area (Å²) in [5.74, 6) is 1.23. The molecule has 2 heterocycles. The maximum atomic E-state index is 5.65. The van der Waals surface area contributed by atoms with E-state index in [1.165, 1.54) is 0 Å². The molecule has 0 atom stereocenters. The van der Waals surface area contributed by atoms with E-state index in [9.17, 15) is 0 Å². The van der Waals surface area contributed by atoms with Gasteiger partial charge in [-0.3, -0.25) is 5.10 Å². The van der Waals surface area contributed by atoms with E-state index in [1.807, 2.05) is 13.8 Å². The van der Waals surface area contributed by atoms with Gasteiger partial charge >= 0.3 is 0 Å². The lowest BCUT2D eigenvalue weighted by molar-refractivity contribution is 0.880. The zero-order valence-electron chi connectivity index (χ0n) is 7.33. The molecule has 0 saturated heterocycles. The molecular formula is C7H9N5S. The van der Waals surface area contributed by atoms with E-state index >= 15 is 0 Å². The summed E-state index contributed by atoms with van der Waals surface area (Å²) in [5, 5.41) is 2.98. The van der Waals surface area contributed by atoms with Crippen molar-refractivity contribution in [3.63, 3.8) is 0 Å². The molecule has 0 bridgehead atoms. The molecule has 2 aromatic rings. The predicted molar refractivity (Wildman–Crippen MR) is 52.1 cm³/mol. The van der Waals surface area contributed by atoms with Crippen molar-refractivity contribution in [3.8, 4) is 0 Å². The third-order valence-corrected chi connectivity index (χ3v) is 2.16. The van der Waals surface area contributed by atoms with Crippen LogP contribution in [-0.2, 0) is 0 Å². The number of rotatable bonds is 0. The molecule has 0 radical (unpaired) electrons.